The van der Waals surface area contributed by atoms with Crippen molar-refractivity contribution in [3.05, 3.63) is 70.2 Å². The lowest BCUT2D eigenvalue weighted by molar-refractivity contribution is 0.0690. The number of carboxylic acid groups (broad SMARTS) is 1. The summed E-state index contributed by atoms with van der Waals surface area (Å²) in [4.78, 5) is 18.3. The molecule has 3 aromatic rings. The molecule has 0 aliphatic carbocycles. The minimum atomic E-state index is -0.962. The number of H-pyrrole nitrogens is 1. The van der Waals surface area contributed by atoms with Gasteiger partial charge in [0.2, 0.25) is 11.9 Å². The van der Waals surface area contributed by atoms with Crippen molar-refractivity contribution in [2.75, 3.05) is 23.7 Å². The van der Waals surface area contributed by atoms with Gasteiger partial charge in [0.1, 0.15) is 0 Å². The molecule has 1 atom stereocenters. The molecule has 1 aliphatic rings. The number of aryl methyl sites for hydroxylation is 1. The Balaban J connectivity index is 1.60. The summed E-state index contributed by atoms with van der Waals surface area (Å²) in [6.07, 6.45) is 2.93. The Labute approximate surface area is 191 Å². The molecular formula is C23H27ClN6O2. The lowest BCUT2D eigenvalue weighted by Crippen LogP contribution is -2.50. The number of halogens is 1. The molecule has 32 heavy (non-hydrogen) atoms. The molecule has 1 aromatic heterocycles. The minimum absolute atomic E-state index is 0.0999. The highest BCUT2D eigenvalue weighted by Crippen LogP contribution is 2.40. The maximum absolute atomic E-state index is 12.0. The summed E-state index contributed by atoms with van der Waals surface area (Å²) in [5.74, 6) is 0.00251. The highest BCUT2D eigenvalue weighted by molar-refractivity contribution is 6.30. The molecule has 1 aliphatic heterocycles. The quantitative estimate of drug-likeness (QED) is 0.429. The number of hydrogen-bond donors (Lipinski definition) is 4. The number of aromatic amines is 1. The Morgan fingerprint density at radius 2 is 1.88 bits per heavy atom. The number of piperidine rings is 1. The summed E-state index contributed by atoms with van der Waals surface area (Å²) >= 11 is 6.03. The SMILES string of the molecule is Nc1nc(N2CCC(C(N)(CCc3ccc(Cl)cc3)c3ccccc3C(=O)O)CC2)n[nH]1. The second-order valence-electron chi connectivity index (χ2n) is 8.30. The molecule has 0 bridgehead atoms. The monoisotopic (exact) mass is 454 g/mol. The molecule has 6 N–H and O–H groups in total. The third-order valence-electron chi connectivity index (χ3n) is 6.40. The number of anilines is 2. The van der Waals surface area contributed by atoms with Crippen LogP contribution in [0.5, 0.6) is 0 Å². The summed E-state index contributed by atoms with van der Waals surface area (Å²) < 4.78 is 0. The van der Waals surface area contributed by atoms with Gasteiger partial charge in [0, 0.05) is 23.7 Å². The average Bonchev–Trinajstić information content (AvgIpc) is 3.25. The van der Waals surface area contributed by atoms with Crippen LogP contribution in [0.2, 0.25) is 5.02 Å². The molecule has 0 spiro atoms. The van der Waals surface area contributed by atoms with E-state index in [1.807, 2.05) is 36.4 Å². The van der Waals surface area contributed by atoms with E-state index in [0.717, 1.165) is 37.9 Å². The number of carboxylic acids is 1. The Morgan fingerprint density at radius 1 is 1.19 bits per heavy atom. The molecule has 1 saturated heterocycles. The number of nitrogens with one attached hydrogen (secondary N) is 1. The highest BCUT2D eigenvalue weighted by Gasteiger charge is 2.40. The zero-order valence-electron chi connectivity index (χ0n) is 17.7. The van der Waals surface area contributed by atoms with Crippen LogP contribution < -0.4 is 16.4 Å². The standard InChI is InChI=1S/C23H27ClN6O2/c24-17-7-5-15(6-8-17)9-12-23(26,19-4-2-1-3-18(19)20(31)32)16-10-13-30(14-11-16)22-27-21(25)28-29-22/h1-8,16H,9-14,26H2,(H,31,32)(H3,25,27,28,29). The van der Waals surface area contributed by atoms with Crippen LogP contribution in [-0.2, 0) is 12.0 Å². The van der Waals surface area contributed by atoms with E-state index in [1.54, 1.807) is 12.1 Å². The van der Waals surface area contributed by atoms with Gasteiger partial charge in [0.15, 0.2) is 0 Å². The van der Waals surface area contributed by atoms with Crippen molar-refractivity contribution in [3.63, 3.8) is 0 Å². The number of aromatic nitrogens is 3. The van der Waals surface area contributed by atoms with E-state index < -0.39 is 11.5 Å². The van der Waals surface area contributed by atoms with Crippen molar-refractivity contribution >= 4 is 29.5 Å². The second kappa shape index (κ2) is 9.18. The first-order chi connectivity index (χ1) is 15.4. The molecule has 4 rings (SSSR count). The van der Waals surface area contributed by atoms with Crippen molar-refractivity contribution in [2.45, 2.75) is 31.2 Å². The van der Waals surface area contributed by atoms with Crippen molar-refractivity contribution in [1.82, 2.24) is 15.2 Å². The van der Waals surface area contributed by atoms with Gasteiger partial charge in [-0.1, -0.05) is 41.9 Å². The largest absolute Gasteiger partial charge is 0.478 e. The van der Waals surface area contributed by atoms with E-state index in [2.05, 4.69) is 20.1 Å². The van der Waals surface area contributed by atoms with Gasteiger partial charge in [0.05, 0.1) is 5.56 Å². The number of aromatic carboxylic acids is 1. The van der Waals surface area contributed by atoms with Crippen LogP contribution in [-0.4, -0.2) is 39.3 Å². The zero-order valence-corrected chi connectivity index (χ0v) is 18.4. The Bertz CT molecular complexity index is 1080. The smallest absolute Gasteiger partial charge is 0.336 e. The van der Waals surface area contributed by atoms with Crippen LogP contribution in [0.15, 0.2) is 48.5 Å². The maximum atomic E-state index is 12.0. The van der Waals surface area contributed by atoms with E-state index in [1.165, 1.54) is 0 Å². The summed E-state index contributed by atoms with van der Waals surface area (Å²) in [6, 6.07) is 14.8. The maximum Gasteiger partial charge on any atom is 0.336 e. The fraction of sp³-hybridized carbons (Fsp3) is 0.348. The van der Waals surface area contributed by atoms with Crippen LogP contribution >= 0.6 is 11.6 Å². The molecule has 1 unspecified atom stereocenters. The number of nitrogen functional groups attached to an aromatic ring is 1. The number of rotatable bonds is 7. The second-order valence-corrected chi connectivity index (χ2v) is 8.74. The van der Waals surface area contributed by atoms with Gasteiger partial charge in [-0.3, -0.25) is 0 Å². The summed E-state index contributed by atoms with van der Waals surface area (Å²) in [5.41, 5.74) is 14.1. The molecule has 8 nitrogen and oxygen atoms in total. The fourth-order valence-corrected chi connectivity index (χ4v) is 4.76. The predicted molar refractivity (Wildman–Crippen MR) is 125 cm³/mol. The molecule has 0 amide bonds. The molecule has 2 heterocycles. The van der Waals surface area contributed by atoms with Crippen LogP contribution in [0, 0.1) is 5.92 Å². The molecule has 9 heteroatoms. The third kappa shape index (κ3) is 4.56. The lowest BCUT2D eigenvalue weighted by Gasteiger charge is -2.43. The fourth-order valence-electron chi connectivity index (χ4n) is 4.64. The van der Waals surface area contributed by atoms with Crippen LogP contribution in [0.1, 0.15) is 40.7 Å². The van der Waals surface area contributed by atoms with Crippen molar-refractivity contribution in [2.24, 2.45) is 11.7 Å². The van der Waals surface area contributed by atoms with Gasteiger partial charge in [-0.25, -0.2) is 9.89 Å². The van der Waals surface area contributed by atoms with Gasteiger partial charge in [-0.2, -0.15) is 4.98 Å². The number of hydrogen-bond acceptors (Lipinski definition) is 6. The Morgan fingerprint density at radius 3 is 2.50 bits per heavy atom. The van der Waals surface area contributed by atoms with E-state index in [0.29, 0.717) is 23.0 Å². The van der Waals surface area contributed by atoms with Crippen LogP contribution in [0.3, 0.4) is 0 Å². The van der Waals surface area contributed by atoms with Crippen molar-refractivity contribution in [3.8, 4) is 0 Å². The molecular weight excluding hydrogens is 428 g/mol. The third-order valence-corrected chi connectivity index (χ3v) is 6.65. The van der Waals surface area contributed by atoms with Gasteiger partial charge in [0.25, 0.3) is 0 Å². The van der Waals surface area contributed by atoms with Crippen molar-refractivity contribution in [1.29, 1.82) is 0 Å². The van der Waals surface area contributed by atoms with Crippen LogP contribution in [0.4, 0.5) is 11.9 Å². The van der Waals surface area contributed by atoms with Gasteiger partial charge < -0.3 is 21.5 Å². The molecule has 0 saturated carbocycles. The first-order valence-corrected chi connectivity index (χ1v) is 11.0. The van der Waals surface area contributed by atoms with Gasteiger partial charge in [-0.15, -0.1) is 5.10 Å². The number of nitrogens with two attached hydrogens (primary N) is 2. The Hall–Kier alpha value is -3.10. The molecule has 0 radical (unpaired) electrons. The summed E-state index contributed by atoms with van der Waals surface area (Å²) in [5, 5.41) is 17.3. The minimum Gasteiger partial charge on any atom is -0.478 e. The lowest BCUT2D eigenvalue weighted by atomic mass is 9.70. The first kappa shape index (κ1) is 22.1. The zero-order chi connectivity index (χ0) is 22.7. The normalized spacial score (nSPS) is 16.6. The first-order valence-electron chi connectivity index (χ1n) is 10.7. The summed E-state index contributed by atoms with van der Waals surface area (Å²) in [7, 11) is 0. The van der Waals surface area contributed by atoms with Crippen molar-refractivity contribution < 1.29 is 9.90 Å². The highest BCUT2D eigenvalue weighted by atomic mass is 35.5. The van der Waals surface area contributed by atoms with E-state index in [4.69, 9.17) is 23.1 Å². The molecule has 168 valence electrons. The van der Waals surface area contributed by atoms with Gasteiger partial charge >= 0.3 is 5.97 Å². The number of carbonyl (C=O) groups is 1. The van der Waals surface area contributed by atoms with E-state index in [-0.39, 0.29) is 17.4 Å². The summed E-state index contributed by atoms with van der Waals surface area (Å²) in [6.45, 7) is 1.44. The van der Waals surface area contributed by atoms with E-state index >= 15 is 0 Å². The van der Waals surface area contributed by atoms with Crippen LogP contribution in [0.25, 0.3) is 0 Å². The van der Waals surface area contributed by atoms with Gasteiger partial charge in [-0.05, 0) is 60.9 Å². The average molecular weight is 455 g/mol. The number of nitrogens with zero attached hydrogens (tertiary/aromatic N) is 3. The van der Waals surface area contributed by atoms with E-state index in [9.17, 15) is 9.90 Å². The predicted octanol–water partition coefficient (Wildman–Crippen LogP) is 3.44. The number of benzene rings is 2. The Kier molecular flexibility index (Phi) is 6.34. The molecule has 2 aromatic carbocycles. The molecule has 1 fully saturated rings. The topological polar surface area (TPSA) is 134 Å².